The fraction of sp³-hybridized carbons (Fsp3) is 0.190. The van der Waals surface area contributed by atoms with Gasteiger partial charge < -0.3 is 5.11 Å². The van der Waals surface area contributed by atoms with Gasteiger partial charge in [0.1, 0.15) is 16.6 Å². The number of carboxylic acids is 1. The third-order valence-corrected chi connectivity index (χ3v) is 5.55. The van der Waals surface area contributed by atoms with Crippen molar-refractivity contribution in [2.75, 3.05) is 0 Å². The standard InChI is InChI=1S/C21H17ClFNO3S/c1-12-2-4-13(5-3-12)20-24-15(11-28-20)9-16(25)10-17(21(26)27)14-6-7-18(22)19(23)8-14/h2-8,11,17H,9-10H2,1H3,(H,26,27). The van der Waals surface area contributed by atoms with Crippen LogP contribution in [0.1, 0.15) is 29.2 Å². The van der Waals surface area contributed by atoms with E-state index in [0.717, 1.165) is 22.2 Å². The Morgan fingerprint density at radius 3 is 2.57 bits per heavy atom. The maximum absolute atomic E-state index is 13.7. The molecule has 7 heteroatoms. The number of halogens is 2. The molecule has 0 aliphatic heterocycles. The second kappa shape index (κ2) is 8.63. The van der Waals surface area contributed by atoms with Crippen LogP contribution in [0.25, 0.3) is 10.6 Å². The molecular formula is C21H17ClFNO3S. The number of carbonyl (C=O) groups is 2. The molecule has 1 atom stereocenters. The SMILES string of the molecule is Cc1ccc(-c2nc(CC(=O)CC(C(=O)O)c3ccc(Cl)c(F)c3)cs2)cc1. The molecule has 3 aromatic rings. The van der Waals surface area contributed by atoms with Crippen LogP contribution in [-0.4, -0.2) is 21.8 Å². The molecule has 0 saturated heterocycles. The average molecular weight is 418 g/mol. The summed E-state index contributed by atoms with van der Waals surface area (Å²) in [7, 11) is 0. The van der Waals surface area contributed by atoms with Crippen LogP contribution in [0.2, 0.25) is 5.02 Å². The van der Waals surface area contributed by atoms with Crippen molar-refractivity contribution in [3.63, 3.8) is 0 Å². The van der Waals surface area contributed by atoms with Gasteiger partial charge in [-0.3, -0.25) is 9.59 Å². The highest BCUT2D eigenvalue weighted by Crippen LogP contribution is 2.27. The Labute approximate surface area is 170 Å². The third kappa shape index (κ3) is 4.82. The number of nitrogens with zero attached hydrogens (tertiary/aromatic N) is 1. The number of benzene rings is 2. The normalized spacial score (nSPS) is 12.0. The maximum Gasteiger partial charge on any atom is 0.311 e. The summed E-state index contributed by atoms with van der Waals surface area (Å²) < 4.78 is 13.7. The fourth-order valence-corrected chi connectivity index (χ4v) is 3.74. The zero-order valence-corrected chi connectivity index (χ0v) is 16.6. The Hall–Kier alpha value is -2.57. The average Bonchev–Trinajstić information content (AvgIpc) is 3.11. The molecule has 3 rings (SSSR count). The highest BCUT2D eigenvalue weighted by molar-refractivity contribution is 7.13. The largest absolute Gasteiger partial charge is 0.481 e. The quantitative estimate of drug-likeness (QED) is 0.567. The van der Waals surface area contributed by atoms with E-state index in [1.807, 2.05) is 31.2 Å². The van der Waals surface area contributed by atoms with Gasteiger partial charge in [-0.2, -0.15) is 0 Å². The molecule has 0 spiro atoms. The summed E-state index contributed by atoms with van der Waals surface area (Å²) in [4.78, 5) is 28.5. The molecule has 4 nitrogen and oxygen atoms in total. The molecule has 2 aromatic carbocycles. The Bertz CT molecular complexity index is 1020. The van der Waals surface area contributed by atoms with Gasteiger partial charge in [-0.15, -0.1) is 11.3 Å². The molecule has 0 amide bonds. The van der Waals surface area contributed by atoms with Crippen LogP contribution in [0.5, 0.6) is 0 Å². The first-order chi connectivity index (χ1) is 13.3. The first-order valence-electron chi connectivity index (χ1n) is 8.54. The number of thiazole rings is 1. The lowest BCUT2D eigenvalue weighted by Gasteiger charge is -2.12. The summed E-state index contributed by atoms with van der Waals surface area (Å²) in [5, 5.41) is 12.0. The number of hydrogen-bond acceptors (Lipinski definition) is 4. The van der Waals surface area contributed by atoms with E-state index >= 15 is 0 Å². The van der Waals surface area contributed by atoms with Gasteiger partial charge in [-0.25, -0.2) is 9.37 Å². The predicted octanol–water partition coefficient (Wildman–Crippen LogP) is 5.28. The molecule has 0 aliphatic carbocycles. The van der Waals surface area contributed by atoms with Crippen LogP contribution < -0.4 is 0 Å². The highest BCUT2D eigenvalue weighted by Gasteiger charge is 2.24. The molecule has 0 saturated carbocycles. The smallest absolute Gasteiger partial charge is 0.311 e. The number of hydrogen-bond donors (Lipinski definition) is 1. The third-order valence-electron chi connectivity index (χ3n) is 4.30. The van der Waals surface area contributed by atoms with E-state index in [-0.39, 0.29) is 29.2 Å². The van der Waals surface area contributed by atoms with Crippen LogP contribution in [0.15, 0.2) is 47.8 Å². The maximum atomic E-state index is 13.7. The van der Waals surface area contributed by atoms with E-state index in [1.165, 1.54) is 23.5 Å². The van der Waals surface area contributed by atoms with Crippen LogP contribution in [0, 0.1) is 12.7 Å². The Kier molecular flexibility index (Phi) is 6.21. The highest BCUT2D eigenvalue weighted by atomic mass is 35.5. The Morgan fingerprint density at radius 2 is 1.93 bits per heavy atom. The second-order valence-corrected chi connectivity index (χ2v) is 7.76. The number of ketones is 1. The van der Waals surface area contributed by atoms with Gasteiger partial charge in [0.05, 0.1) is 16.6 Å². The molecule has 28 heavy (non-hydrogen) atoms. The van der Waals surface area contributed by atoms with Crippen molar-refractivity contribution < 1.29 is 19.1 Å². The van der Waals surface area contributed by atoms with Gasteiger partial charge in [-0.05, 0) is 24.6 Å². The van der Waals surface area contributed by atoms with Gasteiger partial charge in [0.2, 0.25) is 0 Å². The van der Waals surface area contributed by atoms with Crippen molar-refractivity contribution in [3.8, 4) is 10.6 Å². The van der Waals surface area contributed by atoms with Crippen molar-refractivity contribution in [3.05, 3.63) is 75.5 Å². The van der Waals surface area contributed by atoms with Gasteiger partial charge in [-0.1, -0.05) is 47.5 Å². The number of aliphatic carboxylic acids is 1. The van der Waals surface area contributed by atoms with Gasteiger partial charge >= 0.3 is 5.97 Å². The lowest BCUT2D eigenvalue weighted by molar-refractivity contribution is -0.140. The summed E-state index contributed by atoms with van der Waals surface area (Å²) in [5.41, 5.74) is 2.92. The number of rotatable bonds is 7. The molecule has 1 unspecified atom stereocenters. The minimum Gasteiger partial charge on any atom is -0.481 e. The minimum atomic E-state index is -1.19. The van der Waals surface area contributed by atoms with E-state index in [1.54, 1.807) is 5.38 Å². The molecule has 0 aliphatic rings. The summed E-state index contributed by atoms with van der Waals surface area (Å²) in [6, 6.07) is 11.7. The molecule has 0 bridgehead atoms. The Balaban J connectivity index is 1.70. The summed E-state index contributed by atoms with van der Waals surface area (Å²) in [6.45, 7) is 2.00. The molecule has 1 N–H and O–H groups in total. The van der Waals surface area contributed by atoms with Crippen molar-refractivity contribution in [1.29, 1.82) is 0 Å². The summed E-state index contributed by atoms with van der Waals surface area (Å²) in [6.07, 6.45) is -0.212. The van der Waals surface area contributed by atoms with Crippen molar-refractivity contribution in [2.24, 2.45) is 0 Å². The zero-order valence-electron chi connectivity index (χ0n) is 15.0. The van der Waals surface area contributed by atoms with Crippen molar-refractivity contribution >= 4 is 34.7 Å². The van der Waals surface area contributed by atoms with E-state index in [0.29, 0.717) is 5.69 Å². The summed E-state index contributed by atoms with van der Waals surface area (Å²) in [5.74, 6) is -3.30. The van der Waals surface area contributed by atoms with E-state index in [9.17, 15) is 19.1 Å². The number of aromatic nitrogens is 1. The van der Waals surface area contributed by atoms with E-state index in [2.05, 4.69) is 4.98 Å². The van der Waals surface area contributed by atoms with Crippen molar-refractivity contribution in [1.82, 2.24) is 4.98 Å². The number of Topliss-reactive ketones (excluding diaryl/α,β-unsaturated/α-hetero) is 1. The van der Waals surface area contributed by atoms with Crippen LogP contribution >= 0.6 is 22.9 Å². The van der Waals surface area contributed by atoms with E-state index in [4.69, 9.17) is 11.6 Å². The number of carbonyl (C=O) groups excluding carboxylic acids is 1. The minimum absolute atomic E-state index is 0.0300. The van der Waals surface area contributed by atoms with E-state index < -0.39 is 17.7 Å². The van der Waals surface area contributed by atoms with Crippen LogP contribution in [0.4, 0.5) is 4.39 Å². The lowest BCUT2D eigenvalue weighted by atomic mass is 9.92. The first kappa shape index (κ1) is 20.2. The van der Waals surface area contributed by atoms with Crippen LogP contribution in [0.3, 0.4) is 0 Å². The molecular weight excluding hydrogens is 401 g/mol. The van der Waals surface area contributed by atoms with Gasteiger partial charge in [0.15, 0.2) is 0 Å². The number of aryl methyl sites for hydroxylation is 1. The van der Waals surface area contributed by atoms with Gasteiger partial charge in [0.25, 0.3) is 0 Å². The summed E-state index contributed by atoms with van der Waals surface area (Å²) >= 11 is 7.07. The Morgan fingerprint density at radius 1 is 1.21 bits per heavy atom. The monoisotopic (exact) mass is 417 g/mol. The second-order valence-electron chi connectivity index (χ2n) is 6.49. The molecule has 0 radical (unpaired) electrons. The number of carboxylic acid groups (broad SMARTS) is 1. The first-order valence-corrected chi connectivity index (χ1v) is 9.80. The molecule has 144 valence electrons. The van der Waals surface area contributed by atoms with Crippen molar-refractivity contribution in [2.45, 2.75) is 25.7 Å². The zero-order chi connectivity index (χ0) is 20.3. The van der Waals surface area contributed by atoms with Gasteiger partial charge in [0, 0.05) is 23.8 Å². The molecule has 1 heterocycles. The topological polar surface area (TPSA) is 67.3 Å². The molecule has 1 aromatic heterocycles. The predicted molar refractivity (Wildman–Crippen MR) is 107 cm³/mol. The molecule has 0 fully saturated rings. The van der Waals surface area contributed by atoms with Crippen LogP contribution in [-0.2, 0) is 16.0 Å². The fourth-order valence-electron chi connectivity index (χ4n) is 2.80. The lowest BCUT2D eigenvalue weighted by Crippen LogP contribution is -2.17.